The fourth-order valence-corrected chi connectivity index (χ4v) is 1.76. The molecule has 126 valence electrons. The minimum atomic E-state index is -0.670. The summed E-state index contributed by atoms with van der Waals surface area (Å²) < 4.78 is 0. The molecule has 0 saturated carbocycles. The fourth-order valence-electron chi connectivity index (χ4n) is 1.76. The predicted octanol–water partition coefficient (Wildman–Crippen LogP) is -0.329. The van der Waals surface area contributed by atoms with E-state index in [1.807, 2.05) is 0 Å². The van der Waals surface area contributed by atoms with Crippen molar-refractivity contribution in [3.05, 3.63) is 0 Å². The molecule has 0 fully saturated rings. The summed E-state index contributed by atoms with van der Waals surface area (Å²) in [4.78, 5) is 45.5. The van der Waals surface area contributed by atoms with Gasteiger partial charge in [-0.3, -0.25) is 14.4 Å². The molecule has 0 bridgehead atoms. The predicted molar refractivity (Wildman–Crippen MR) is 81.9 cm³/mol. The number of carbonyl (C=O) groups is 4. The van der Waals surface area contributed by atoms with Gasteiger partial charge in [0.15, 0.2) is 5.78 Å². The van der Waals surface area contributed by atoms with Crippen LogP contribution in [0.2, 0.25) is 0 Å². The summed E-state index contributed by atoms with van der Waals surface area (Å²) in [5, 5.41) is 7.42. The molecule has 8 heteroatoms. The van der Waals surface area contributed by atoms with Crippen molar-refractivity contribution in [1.29, 1.82) is 0 Å². The average molecular weight is 314 g/mol. The molecule has 22 heavy (non-hydrogen) atoms. The maximum absolute atomic E-state index is 12.4. The molecule has 0 spiro atoms. The molecule has 5 N–H and O–H groups in total. The maximum atomic E-state index is 12.4. The lowest BCUT2D eigenvalue weighted by atomic mass is 9.85. The van der Waals surface area contributed by atoms with Gasteiger partial charge in [0, 0.05) is 18.9 Å². The Balaban J connectivity index is 4.58. The number of ketones is 1. The number of rotatable bonds is 8. The van der Waals surface area contributed by atoms with E-state index in [4.69, 9.17) is 5.73 Å². The van der Waals surface area contributed by atoms with E-state index in [0.717, 1.165) is 0 Å². The van der Waals surface area contributed by atoms with Crippen LogP contribution in [-0.4, -0.2) is 42.8 Å². The maximum Gasteiger partial charge on any atom is 0.312 e. The lowest BCUT2D eigenvalue weighted by Gasteiger charge is -2.25. The molecular formula is C14H26N4O4. The van der Waals surface area contributed by atoms with E-state index in [1.165, 1.54) is 6.92 Å². The number of Topliss-reactive ketones (excluding diaryl/α,β-unsaturated/α-hetero) is 1. The highest BCUT2D eigenvalue weighted by Gasteiger charge is 2.30. The van der Waals surface area contributed by atoms with Gasteiger partial charge in [0.1, 0.15) is 0 Å². The van der Waals surface area contributed by atoms with Crippen molar-refractivity contribution in [2.45, 2.75) is 46.6 Å². The summed E-state index contributed by atoms with van der Waals surface area (Å²) in [7, 11) is 0. The van der Waals surface area contributed by atoms with Gasteiger partial charge in [0.25, 0.3) is 0 Å². The van der Waals surface area contributed by atoms with Crippen molar-refractivity contribution in [2.24, 2.45) is 11.1 Å². The Bertz CT molecular complexity index is 429. The van der Waals surface area contributed by atoms with Gasteiger partial charge in [-0.25, -0.2) is 4.79 Å². The molecule has 0 aliphatic heterocycles. The van der Waals surface area contributed by atoms with E-state index in [9.17, 15) is 19.2 Å². The monoisotopic (exact) mass is 314 g/mol. The average Bonchev–Trinajstić information content (AvgIpc) is 2.37. The van der Waals surface area contributed by atoms with Crippen molar-refractivity contribution in [3.8, 4) is 0 Å². The van der Waals surface area contributed by atoms with Crippen LogP contribution in [0.4, 0.5) is 4.79 Å². The molecule has 8 nitrogen and oxygen atoms in total. The topological polar surface area (TPSA) is 130 Å². The highest BCUT2D eigenvalue weighted by molar-refractivity contribution is 5.93. The van der Waals surface area contributed by atoms with E-state index in [1.54, 1.807) is 20.8 Å². The van der Waals surface area contributed by atoms with Gasteiger partial charge in [-0.15, -0.1) is 0 Å². The zero-order valence-corrected chi connectivity index (χ0v) is 13.6. The number of primary amides is 1. The van der Waals surface area contributed by atoms with E-state index in [2.05, 4.69) is 16.0 Å². The summed E-state index contributed by atoms with van der Waals surface area (Å²) >= 11 is 0. The van der Waals surface area contributed by atoms with Crippen molar-refractivity contribution >= 4 is 23.6 Å². The normalized spacial score (nSPS) is 12.2. The summed E-state index contributed by atoms with van der Waals surface area (Å²) in [6.45, 7) is 6.76. The van der Waals surface area contributed by atoms with Crippen LogP contribution in [0.5, 0.6) is 0 Å². The second-order valence-electron chi connectivity index (χ2n) is 6.08. The molecule has 0 rings (SSSR count). The number of hydrogen-bond donors (Lipinski definition) is 4. The summed E-state index contributed by atoms with van der Waals surface area (Å²) in [6, 6.07) is -1.30. The second kappa shape index (κ2) is 9.01. The minimum Gasteiger partial charge on any atom is -0.352 e. The van der Waals surface area contributed by atoms with E-state index >= 15 is 0 Å². The number of urea groups is 1. The Hall–Kier alpha value is -2.12. The number of nitrogens with one attached hydrogen (secondary N) is 3. The van der Waals surface area contributed by atoms with Crippen molar-refractivity contribution in [1.82, 2.24) is 16.0 Å². The Morgan fingerprint density at radius 3 is 2.14 bits per heavy atom. The van der Waals surface area contributed by atoms with Crippen molar-refractivity contribution < 1.29 is 19.2 Å². The highest BCUT2D eigenvalue weighted by atomic mass is 16.2. The third-order valence-corrected chi connectivity index (χ3v) is 2.86. The van der Waals surface area contributed by atoms with Crippen LogP contribution >= 0.6 is 0 Å². The first-order valence-electron chi connectivity index (χ1n) is 7.15. The Labute approximate surface area is 130 Å². The molecule has 0 aromatic rings. The van der Waals surface area contributed by atoms with Crippen LogP contribution < -0.4 is 21.7 Å². The quantitative estimate of drug-likeness (QED) is 0.457. The molecule has 0 radical (unpaired) electrons. The van der Waals surface area contributed by atoms with E-state index in [-0.39, 0.29) is 18.2 Å². The number of amides is 4. The second-order valence-corrected chi connectivity index (χ2v) is 6.08. The highest BCUT2D eigenvalue weighted by Crippen LogP contribution is 2.18. The third-order valence-electron chi connectivity index (χ3n) is 2.86. The summed E-state index contributed by atoms with van der Waals surface area (Å²) in [5.74, 6) is -0.858. The van der Waals surface area contributed by atoms with Crippen molar-refractivity contribution in [3.63, 3.8) is 0 Å². The van der Waals surface area contributed by atoms with Crippen LogP contribution in [0, 0.1) is 5.41 Å². The van der Waals surface area contributed by atoms with Crippen LogP contribution in [0.1, 0.15) is 40.5 Å². The first-order valence-corrected chi connectivity index (χ1v) is 7.15. The Kier molecular flexibility index (Phi) is 8.14. The molecule has 1 atom stereocenters. The Morgan fingerprint density at radius 2 is 1.68 bits per heavy atom. The zero-order chi connectivity index (χ0) is 17.3. The summed E-state index contributed by atoms with van der Waals surface area (Å²) in [6.07, 6.45) is 0.873. The molecule has 1 unspecified atom stereocenters. The zero-order valence-electron chi connectivity index (χ0n) is 13.6. The van der Waals surface area contributed by atoms with Gasteiger partial charge >= 0.3 is 6.03 Å². The molecule has 0 aromatic heterocycles. The molecule has 0 saturated heterocycles. The van der Waals surface area contributed by atoms with Gasteiger partial charge in [0.05, 0.1) is 12.6 Å². The number of hydrogen-bond acceptors (Lipinski definition) is 4. The standard InChI is InChI=1S/C14H26N4O4/c1-9(19)17-8-11(20)18-10(12(21)14(2,3)4)6-5-7-16-13(15)22/h10H,5-8H2,1-4H3,(H,17,19)(H,18,20)(H3,15,16,22). The van der Waals surface area contributed by atoms with Crippen LogP contribution in [-0.2, 0) is 14.4 Å². The van der Waals surface area contributed by atoms with Gasteiger partial charge in [-0.2, -0.15) is 0 Å². The van der Waals surface area contributed by atoms with Crippen LogP contribution in [0.25, 0.3) is 0 Å². The molecule has 4 amide bonds. The first-order chi connectivity index (χ1) is 10.0. The fraction of sp³-hybridized carbons (Fsp3) is 0.714. The van der Waals surface area contributed by atoms with Gasteiger partial charge in [-0.1, -0.05) is 20.8 Å². The van der Waals surface area contributed by atoms with Gasteiger partial charge in [0.2, 0.25) is 11.8 Å². The smallest absolute Gasteiger partial charge is 0.312 e. The summed E-state index contributed by atoms with van der Waals surface area (Å²) in [5.41, 5.74) is 4.35. The van der Waals surface area contributed by atoms with Gasteiger partial charge in [-0.05, 0) is 12.8 Å². The van der Waals surface area contributed by atoms with E-state index < -0.39 is 23.4 Å². The van der Waals surface area contributed by atoms with E-state index in [0.29, 0.717) is 19.4 Å². The third kappa shape index (κ3) is 8.93. The molecule has 0 aliphatic rings. The lowest BCUT2D eigenvalue weighted by Crippen LogP contribution is -2.48. The number of nitrogens with two attached hydrogens (primary N) is 1. The SMILES string of the molecule is CC(=O)NCC(=O)NC(CCCNC(N)=O)C(=O)C(C)(C)C. The lowest BCUT2D eigenvalue weighted by molar-refractivity contribution is -0.132. The molecular weight excluding hydrogens is 288 g/mol. The first kappa shape index (κ1) is 19.9. The van der Waals surface area contributed by atoms with Gasteiger partial charge < -0.3 is 21.7 Å². The number of carbonyl (C=O) groups excluding carboxylic acids is 4. The van der Waals surface area contributed by atoms with Crippen molar-refractivity contribution in [2.75, 3.05) is 13.1 Å². The molecule has 0 aliphatic carbocycles. The molecule has 0 aromatic carbocycles. The van der Waals surface area contributed by atoms with Crippen LogP contribution in [0.3, 0.4) is 0 Å². The minimum absolute atomic E-state index is 0.109. The molecule has 0 heterocycles. The largest absolute Gasteiger partial charge is 0.352 e. The Morgan fingerprint density at radius 1 is 1.09 bits per heavy atom. The van der Waals surface area contributed by atoms with Crippen LogP contribution in [0.15, 0.2) is 0 Å².